The van der Waals surface area contributed by atoms with E-state index >= 15 is 0 Å². The van der Waals surface area contributed by atoms with E-state index in [-0.39, 0.29) is 0 Å². The van der Waals surface area contributed by atoms with Gasteiger partial charge in [0.25, 0.3) is 0 Å². The average molecular weight is 148 g/mol. The Labute approximate surface area is 58.8 Å². The van der Waals surface area contributed by atoms with Crippen molar-refractivity contribution < 1.29 is 15.0 Å². The summed E-state index contributed by atoms with van der Waals surface area (Å²) in [5.41, 5.74) is 4.77. The fourth-order valence-electron chi connectivity index (χ4n) is 0.0781. The van der Waals surface area contributed by atoms with Crippen molar-refractivity contribution in [1.29, 1.82) is 0 Å². The highest BCUT2D eigenvalue weighted by Crippen LogP contribution is 1.71. The van der Waals surface area contributed by atoms with Crippen molar-refractivity contribution in [2.75, 3.05) is 19.7 Å². The number of aliphatic hydroxyl groups is 1. The molecule has 5 heteroatoms. The third-order valence-electron chi connectivity index (χ3n) is 0.764. The van der Waals surface area contributed by atoms with Gasteiger partial charge in [-0.05, 0) is 0 Å². The molecule has 0 aliphatic carbocycles. The summed E-state index contributed by atoms with van der Waals surface area (Å²) in [4.78, 5) is 9.65. The Hall–Kier alpha value is -0.650. The summed E-state index contributed by atoms with van der Waals surface area (Å²) < 4.78 is 0. The molecular formula is C5H12N2O3. The van der Waals surface area contributed by atoms with Crippen molar-refractivity contribution in [3.05, 3.63) is 0 Å². The van der Waals surface area contributed by atoms with E-state index in [1.807, 2.05) is 0 Å². The smallest absolute Gasteiger partial charge is 0.322 e. The summed E-state index contributed by atoms with van der Waals surface area (Å²) >= 11 is 0. The van der Waals surface area contributed by atoms with Gasteiger partial charge >= 0.3 is 5.97 Å². The van der Waals surface area contributed by atoms with Gasteiger partial charge in [-0.15, -0.1) is 0 Å². The molecule has 0 spiro atoms. The van der Waals surface area contributed by atoms with Crippen LogP contribution in [0.2, 0.25) is 0 Å². The lowest BCUT2D eigenvalue weighted by Gasteiger charge is -1.96. The third kappa shape index (κ3) is 7.35. The molecule has 0 aromatic rings. The summed E-state index contributed by atoms with van der Waals surface area (Å²) in [5.74, 6) is -1.18. The van der Waals surface area contributed by atoms with Crippen molar-refractivity contribution in [3.63, 3.8) is 0 Å². The SMILES string of the molecule is C1CN1.NC(CO)C(=O)O. The molecule has 0 aromatic heterocycles. The van der Waals surface area contributed by atoms with Crippen molar-refractivity contribution in [2.24, 2.45) is 5.73 Å². The maximum absolute atomic E-state index is 9.65. The van der Waals surface area contributed by atoms with Crippen LogP contribution in [0.15, 0.2) is 0 Å². The zero-order chi connectivity index (χ0) is 7.98. The van der Waals surface area contributed by atoms with Crippen LogP contribution >= 0.6 is 0 Å². The maximum Gasteiger partial charge on any atom is 0.322 e. The van der Waals surface area contributed by atoms with E-state index in [4.69, 9.17) is 15.9 Å². The summed E-state index contributed by atoms with van der Waals surface area (Å²) in [6, 6.07) is -1.13. The molecule has 0 radical (unpaired) electrons. The lowest BCUT2D eigenvalue weighted by molar-refractivity contribution is -0.139. The molecule has 10 heavy (non-hydrogen) atoms. The Morgan fingerprint density at radius 3 is 2.10 bits per heavy atom. The van der Waals surface area contributed by atoms with Crippen LogP contribution in [0.5, 0.6) is 0 Å². The number of carboxylic acids is 1. The number of nitrogens with one attached hydrogen (secondary N) is 1. The first-order chi connectivity index (χ1) is 4.68. The minimum absolute atomic E-state index is 0.505. The first kappa shape index (κ1) is 9.35. The Balaban J connectivity index is 0.000000219. The van der Waals surface area contributed by atoms with E-state index in [0.717, 1.165) is 0 Å². The van der Waals surface area contributed by atoms with E-state index < -0.39 is 18.6 Å². The first-order valence-electron chi connectivity index (χ1n) is 2.98. The first-order valence-corrected chi connectivity index (χ1v) is 2.98. The largest absolute Gasteiger partial charge is 0.480 e. The number of hydrogen-bond donors (Lipinski definition) is 4. The molecule has 0 aromatic carbocycles. The Morgan fingerprint density at radius 1 is 1.70 bits per heavy atom. The van der Waals surface area contributed by atoms with Gasteiger partial charge in [-0.2, -0.15) is 0 Å². The van der Waals surface area contributed by atoms with Crippen molar-refractivity contribution in [3.8, 4) is 0 Å². The van der Waals surface area contributed by atoms with Gasteiger partial charge in [0.15, 0.2) is 0 Å². The van der Waals surface area contributed by atoms with Crippen LogP contribution in [0.4, 0.5) is 0 Å². The molecule has 0 saturated carbocycles. The van der Waals surface area contributed by atoms with Gasteiger partial charge in [-0.25, -0.2) is 0 Å². The number of nitrogens with two attached hydrogens (primary N) is 1. The summed E-state index contributed by atoms with van der Waals surface area (Å²) in [7, 11) is 0. The van der Waals surface area contributed by atoms with Gasteiger partial charge < -0.3 is 21.3 Å². The zero-order valence-electron chi connectivity index (χ0n) is 5.58. The lowest BCUT2D eigenvalue weighted by Crippen LogP contribution is -2.33. The second-order valence-corrected chi connectivity index (χ2v) is 1.88. The lowest BCUT2D eigenvalue weighted by atomic mass is 10.3. The summed E-state index contributed by atoms with van der Waals surface area (Å²) in [6.45, 7) is 2.00. The molecule has 1 aliphatic rings. The number of rotatable bonds is 2. The number of aliphatic carboxylic acids is 1. The summed E-state index contributed by atoms with van der Waals surface area (Å²) in [6.07, 6.45) is 0. The number of hydrogen-bond acceptors (Lipinski definition) is 4. The van der Waals surface area contributed by atoms with Gasteiger partial charge in [-0.3, -0.25) is 4.79 Å². The molecule has 1 rings (SSSR count). The maximum atomic E-state index is 9.65. The minimum atomic E-state index is -1.18. The van der Waals surface area contributed by atoms with Gasteiger partial charge in [0.1, 0.15) is 6.04 Å². The van der Waals surface area contributed by atoms with Crippen LogP contribution in [0, 0.1) is 0 Å². The van der Waals surface area contributed by atoms with Crippen molar-refractivity contribution in [2.45, 2.75) is 6.04 Å². The zero-order valence-corrected chi connectivity index (χ0v) is 5.58. The van der Waals surface area contributed by atoms with Crippen LogP contribution in [0.1, 0.15) is 0 Å². The molecule has 1 fully saturated rings. The predicted molar refractivity (Wildman–Crippen MR) is 35.6 cm³/mol. The number of carbonyl (C=O) groups is 1. The van der Waals surface area contributed by atoms with Crippen LogP contribution < -0.4 is 11.1 Å². The Bertz CT molecular complexity index is 102. The third-order valence-corrected chi connectivity index (χ3v) is 0.764. The van der Waals surface area contributed by atoms with Crippen LogP contribution in [0.25, 0.3) is 0 Å². The van der Waals surface area contributed by atoms with Crippen molar-refractivity contribution in [1.82, 2.24) is 5.32 Å². The van der Waals surface area contributed by atoms with E-state index in [1.54, 1.807) is 0 Å². The monoisotopic (exact) mass is 148 g/mol. The highest BCUT2D eigenvalue weighted by atomic mass is 16.4. The molecule has 1 saturated heterocycles. The fourth-order valence-corrected chi connectivity index (χ4v) is 0.0781. The molecule has 1 unspecified atom stereocenters. The normalized spacial score (nSPS) is 16.6. The Morgan fingerprint density at radius 2 is 2.10 bits per heavy atom. The number of aliphatic hydroxyl groups excluding tert-OH is 1. The fraction of sp³-hybridized carbons (Fsp3) is 0.800. The Kier molecular flexibility index (Phi) is 4.82. The summed E-state index contributed by atoms with van der Waals surface area (Å²) in [5, 5.41) is 18.9. The second-order valence-electron chi connectivity index (χ2n) is 1.88. The standard InChI is InChI=1S/C3H7NO3.C2H5N/c4-2(1-5)3(6)7;1-2-3-1/h2,5H,1,4H2,(H,6,7);3H,1-2H2. The molecule has 0 amide bonds. The predicted octanol–water partition coefficient (Wildman–Crippen LogP) is -2.02. The quantitative estimate of drug-likeness (QED) is 0.338. The van der Waals surface area contributed by atoms with Crippen LogP contribution in [-0.2, 0) is 4.79 Å². The molecule has 1 atom stereocenters. The van der Waals surface area contributed by atoms with Crippen molar-refractivity contribution >= 4 is 5.97 Å². The average Bonchev–Trinajstić information content (AvgIpc) is 2.70. The van der Waals surface area contributed by atoms with E-state index in [9.17, 15) is 4.79 Å². The minimum Gasteiger partial charge on any atom is -0.480 e. The van der Waals surface area contributed by atoms with E-state index in [1.165, 1.54) is 13.1 Å². The molecule has 5 nitrogen and oxygen atoms in total. The topological polar surface area (TPSA) is 105 Å². The molecule has 1 aliphatic heterocycles. The van der Waals surface area contributed by atoms with E-state index in [2.05, 4.69) is 5.32 Å². The van der Waals surface area contributed by atoms with Crippen LogP contribution in [0.3, 0.4) is 0 Å². The molecule has 5 N–H and O–H groups in total. The highest BCUT2D eigenvalue weighted by Gasteiger charge is 2.06. The van der Waals surface area contributed by atoms with Gasteiger partial charge in [0.2, 0.25) is 0 Å². The molecule has 60 valence electrons. The highest BCUT2D eigenvalue weighted by molar-refractivity contribution is 5.73. The van der Waals surface area contributed by atoms with Gasteiger partial charge in [-0.1, -0.05) is 0 Å². The van der Waals surface area contributed by atoms with Gasteiger partial charge in [0, 0.05) is 13.1 Å². The van der Waals surface area contributed by atoms with E-state index in [0.29, 0.717) is 0 Å². The molecular weight excluding hydrogens is 136 g/mol. The molecule has 0 bridgehead atoms. The van der Waals surface area contributed by atoms with Crippen LogP contribution in [-0.4, -0.2) is 41.9 Å². The van der Waals surface area contributed by atoms with Gasteiger partial charge in [0.05, 0.1) is 6.61 Å². The molecule has 1 heterocycles. The second kappa shape index (κ2) is 5.16. The number of carboxylic acid groups (broad SMARTS) is 1.